The van der Waals surface area contributed by atoms with Gasteiger partial charge in [-0.25, -0.2) is 0 Å². The summed E-state index contributed by atoms with van der Waals surface area (Å²) in [7, 11) is 0. The van der Waals surface area contributed by atoms with Crippen LogP contribution in [0.15, 0.2) is 23.9 Å². The Balaban J connectivity index is 1.76. The summed E-state index contributed by atoms with van der Waals surface area (Å²) in [5.74, 6) is 1.81. The second kappa shape index (κ2) is 4.61. The largest absolute Gasteiger partial charge is 0.402 e. The normalized spacial score (nSPS) is 56.8. The van der Waals surface area contributed by atoms with Gasteiger partial charge in [0, 0.05) is 11.6 Å². The van der Waals surface area contributed by atoms with Gasteiger partial charge in [-0.3, -0.25) is 0 Å². The second-order valence-electron chi connectivity index (χ2n) is 8.68. The van der Waals surface area contributed by atoms with Crippen molar-refractivity contribution in [2.45, 2.75) is 58.2 Å². The first kappa shape index (κ1) is 14.8. The van der Waals surface area contributed by atoms with E-state index in [1.165, 1.54) is 0 Å². The molecule has 4 N–H and O–H groups in total. The number of hydrogen-bond acceptors (Lipinski definition) is 3. The molecule has 0 spiro atoms. The van der Waals surface area contributed by atoms with E-state index in [1.807, 2.05) is 6.08 Å². The van der Waals surface area contributed by atoms with Crippen LogP contribution < -0.4 is 5.73 Å². The van der Waals surface area contributed by atoms with E-state index in [0.29, 0.717) is 23.7 Å². The molecule has 0 radical (unpaired) electrons. The van der Waals surface area contributed by atoms with Crippen molar-refractivity contribution in [3.8, 4) is 0 Å². The molecular formula is C19H29NO2. The highest BCUT2D eigenvalue weighted by Gasteiger charge is 2.59. The van der Waals surface area contributed by atoms with Gasteiger partial charge in [-0.2, -0.15) is 0 Å². The van der Waals surface area contributed by atoms with Gasteiger partial charge in [0.05, 0.1) is 12.2 Å². The van der Waals surface area contributed by atoms with Crippen LogP contribution in [0, 0.1) is 34.5 Å². The van der Waals surface area contributed by atoms with Gasteiger partial charge in [0.2, 0.25) is 0 Å². The van der Waals surface area contributed by atoms with Crippen LogP contribution in [0.3, 0.4) is 0 Å². The van der Waals surface area contributed by atoms with Gasteiger partial charge in [-0.15, -0.1) is 0 Å². The number of rotatable bonds is 0. The quantitative estimate of drug-likeness (QED) is 0.603. The molecular weight excluding hydrogens is 274 g/mol. The Morgan fingerprint density at radius 3 is 2.68 bits per heavy atom. The predicted octanol–water partition coefficient (Wildman–Crippen LogP) is 2.59. The van der Waals surface area contributed by atoms with E-state index in [9.17, 15) is 10.2 Å². The molecule has 22 heavy (non-hydrogen) atoms. The van der Waals surface area contributed by atoms with E-state index in [-0.39, 0.29) is 23.0 Å². The summed E-state index contributed by atoms with van der Waals surface area (Å²) >= 11 is 0. The smallest absolute Gasteiger partial charge is 0.0727 e. The summed E-state index contributed by atoms with van der Waals surface area (Å²) in [6.45, 7) is 4.63. The van der Waals surface area contributed by atoms with Gasteiger partial charge in [0.1, 0.15) is 0 Å². The van der Waals surface area contributed by atoms with Crippen molar-refractivity contribution in [2.24, 2.45) is 40.2 Å². The summed E-state index contributed by atoms with van der Waals surface area (Å²) in [6.07, 6.45) is 11.0. The van der Waals surface area contributed by atoms with Gasteiger partial charge >= 0.3 is 0 Å². The zero-order chi connectivity index (χ0) is 15.7. The lowest BCUT2D eigenvalue weighted by atomic mass is 9.47. The van der Waals surface area contributed by atoms with E-state index in [4.69, 9.17) is 5.73 Å². The van der Waals surface area contributed by atoms with E-state index < -0.39 is 0 Å². The van der Waals surface area contributed by atoms with Crippen LogP contribution in [0.4, 0.5) is 0 Å². The molecule has 0 aromatic carbocycles. The number of aliphatic hydroxyl groups is 2. The highest BCUT2D eigenvalue weighted by molar-refractivity contribution is 5.28. The zero-order valence-corrected chi connectivity index (χ0v) is 13.7. The van der Waals surface area contributed by atoms with Crippen LogP contribution >= 0.6 is 0 Å². The molecule has 0 amide bonds. The van der Waals surface area contributed by atoms with Crippen LogP contribution in [0.5, 0.6) is 0 Å². The Morgan fingerprint density at radius 2 is 1.91 bits per heavy atom. The molecule has 0 aromatic heterocycles. The molecule has 4 aliphatic rings. The SMILES string of the molecule is C[C@]12C=CC(O)CC1C=C(N)[C@@H]1[C@H]2CC[C@]2(C)C(O)CC[C@@H]12. The Kier molecular flexibility index (Phi) is 3.09. The van der Waals surface area contributed by atoms with Crippen molar-refractivity contribution in [1.29, 1.82) is 0 Å². The maximum absolute atomic E-state index is 10.5. The van der Waals surface area contributed by atoms with E-state index in [2.05, 4.69) is 26.0 Å². The van der Waals surface area contributed by atoms with E-state index in [1.54, 1.807) is 0 Å². The summed E-state index contributed by atoms with van der Waals surface area (Å²) in [4.78, 5) is 0. The van der Waals surface area contributed by atoms with E-state index >= 15 is 0 Å². The van der Waals surface area contributed by atoms with Gasteiger partial charge in [-0.1, -0.05) is 32.1 Å². The van der Waals surface area contributed by atoms with Gasteiger partial charge < -0.3 is 15.9 Å². The fourth-order valence-electron chi connectivity index (χ4n) is 6.30. The molecule has 4 aliphatic carbocycles. The second-order valence-corrected chi connectivity index (χ2v) is 8.68. The molecule has 3 nitrogen and oxygen atoms in total. The third-order valence-electron chi connectivity index (χ3n) is 7.77. The van der Waals surface area contributed by atoms with Crippen LogP contribution in [-0.2, 0) is 0 Å². The topological polar surface area (TPSA) is 66.5 Å². The Bertz CT molecular complexity index is 542. The number of fused-ring (bicyclic) bond motifs is 5. The van der Waals surface area contributed by atoms with Crippen molar-refractivity contribution in [3.05, 3.63) is 23.9 Å². The summed E-state index contributed by atoms with van der Waals surface area (Å²) in [5.41, 5.74) is 7.72. The molecule has 0 heterocycles. The number of hydrogen-bond donors (Lipinski definition) is 3. The molecule has 0 bridgehead atoms. The standard InChI is InChI=1S/C19H29NO2/c1-18-7-5-12(21)9-11(18)10-15(20)17-13-3-4-16(22)19(13,2)8-6-14(17)18/h5,7,10-14,16-17,21-22H,3-4,6,8-9,20H2,1-2H3/t11?,12?,13-,14+,16?,17-,18-,19-/m0/s1. The minimum Gasteiger partial charge on any atom is -0.402 e. The number of aliphatic hydroxyl groups excluding tert-OH is 2. The van der Waals surface area contributed by atoms with Crippen LogP contribution in [-0.4, -0.2) is 22.4 Å². The van der Waals surface area contributed by atoms with Crippen LogP contribution in [0.25, 0.3) is 0 Å². The predicted molar refractivity (Wildman–Crippen MR) is 86.7 cm³/mol. The lowest BCUT2D eigenvalue weighted by molar-refractivity contribution is -0.0631. The highest BCUT2D eigenvalue weighted by atomic mass is 16.3. The van der Waals surface area contributed by atoms with Crippen molar-refractivity contribution in [1.82, 2.24) is 0 Å². The van der Waals surface area contributed by atoms with Crippen molar-refractivity contribution < 1.29 is 10.2 Å². The Hall–Kier alpha value is -0.800. The first-order valence-corrected chi connectivity index (χ1v) is 8.89. The lowest BCUT2D eigenvalue weighted by Crippen LogP contribution is -2.53. The summed E-state index contributed by atoms with van der Waals surface area (Å²) in [5, 5.41) is 20.5. The molecule has 0 saturated heterocycles. The third-order valence-corrected chi connectivity index (χ3v) is 7.77. The van der Waals surface area contributed by atoms with Gasteiger partial charge in [0.15, 0.2) is 0 Å². The van der Waals surface area contributed by atoms with Crippen LogP contribution in [0.2, 0.25) is 0 Å². The first-order valence-electron chi connectivity index (χ1n) is 8.89. The number of nitrogens with two attached hydrogens (primary N) is 1. The van der Waals surface area contributed by atoms with Crippen molar-refractivity contribution >= 4 is 0 Å². The molecule has 0 aromatic rings. The van der Waals surface area contributed by atoms with Crippen molar-refractivity contribution in [3.63, 3.8) is 0 Å². The maximum atomic E-state index is 10.5. The minimum atomic E-state index is -0.333. The Morgan fingerprint density at radius 1 is 1.14 bits per heavy atom. The Labute approximate surface area is 133 Å². The minimum absolute atomic E-state index is 0.0424. The molecule has 2 saturated carbocycles. The molecule has 2 fully saturated rings. The molecule has 0 aliphatic heterocycles. The maximum Gasteiger partial charge on any atom is 0.0727 e. The highest BCUT2D eigenvalue weighted by Crippen LogP contribution is 2.64. The monoisotopic (exact) mass is 303 g/mol. The van der Waals surface area contributed by atoms with Crippen molar-refractivity contribution in [2.75, 3.05) is 0 Å². The third kappa shape index (κ3) is 1.75. The van der Waals surface area contributed by atoms with Crippen LogP contribution in [0.1, 0.15) is 46.0 Å². The first-order chi connectivity index (χ1) is 10.4. The van der Waals surface area contributed by atoms with E-state index in [0.717, 1.165) is 37.8 Å². The number of allylic oxidation sites excluding steroid dienone is 3. The molecule has 3 heteroatoms. The van der Waals surface area contributed by atoms with Gasteiger partial charge in [0.25, 0.3) is 0 Å². The zero-order valence-electron chi connectivity index (χ0n) is 13.7. The summed E-state index contributed by atoms with van der Waals surface area (Å²) < 4.78 is 0. The average molecular weight is 303 g/mol. The molecule has 3 unspecified atom stereocenters. The average Bonchev–Trinajstić information content (AvgIpc) is 2.77. The summed E-state index contributed by atoms with van der Waals surface area (Å²) in [6, 6.07) is 0. The molecule has 8 atom stereocenters. The fraction of sp³-hybridized carbons (Fsp3) is 0.789. The van der Waals surface area contributed by atoms with Gasteiger partial charge in [-0.05, 0) is 60.7 Å². The lowest BCUT2D eigenvalue weighted by Gasteiger charge is -2.57. The molecule has 122 valence electrons. The fourth-order valence-corrected chi connectivity index (χ4v) is 6.30. The molecule has 4 rings (SSSR count).